The molecule has 2 rings (SSSR count). The summed E-state index contributed by atoms with van der Waals surface area (Å²) in [5.41, 5.74) is -1.09. The summed E-state index contributed by atoms with van der Waals surface area (Å²) in [7, 11) is 0. The molecule has 0 radical (unpaired) electrons. The first-order valence-electron chi connectivity index (χ1n) is 5.27. The van der Waals surface area contributed by atoms with Crippen molar-refractivity contribution in [3.8, 4) is 11.3 Å². The lowest BCUT2D eigenvalue weighted by molar-refractivity contribution is -0.384. The number of nitrogens with zero attached hydrogens (tertiary/aromatic N) is 2. The smallest absolute Gasteiger partial charge is 0.258 e. The van der Waals surface area contributed by atoms with E-state index in [1.165, 1.54) is 12.1 Å². The molecule has 0 aliphatic heterocycles. The van der Waals surface area contributed by atoms with Gasteiger partial charge in [-0.15, -0.1) is 0 Å². The van der Waals surface area contributed by atoms with Crippen LogP contribution in [0.1, 0.15) is 5.56 Å². The summed E-state index contributed by atoms with van der Waals surface area (Å²) < 4.78 is 37.8. The maximum atomic E-state index is 12.6. The van der Waals surface area contributed by atoms with Crippen molar-refractivity contribution in [2.45, 2.75) is 6.18 Å². The Morgan fingerprint density at radius 1 is 1.20 bits per heavy atom. The number of rotatable bonds is 2. The fourth-order valence-electron chi connectivity index (χ4n) is 1.59. The highest BCUT2D eigenvalue weighted by molar-refractivity contribution is 6.29. The third-order valence-electron chi connectivity index (χ3n) is 2.48. The van der Waals surface area contributed by atoms with Crippen molar-refractivity contribution < 1.29 is 18.1 Å². The Hall–Kier alpha value is -2.15. The molecule has 0 aliphatic carbocycles. The molecule has 0 bridgehead atoms. The highest BCUT2D eigenvalue weighted by Crippen LogP contribution is 2.32. The van der Waals surface area contributed by atoms with Crippen LogP contribution in [0.5, 0.6) is 0 Å². The number of benzene rings is 1. The number of halogens is 4. The van der Waals surface area contributed by atoms with E-state index < -0.39 is 16.7 Å². The van der Waals surface area contributed by atoms with Gasteiger partial charge in [0.25, 0.3) is 5.69 Å². The summed E-state index contributed by atoms with van der Waals surface area (Å²) in [4.78, 5) is 13.8. The van der Waals surface area contributed by atoms with E-state index in [-0.39, 0.29) is 22.1 Å². The molecule has 0 amide bonds. The number of hydrogen-bond acceptors (Lipinski definition) is 3. The van der Waals surface area contributed by atoms with Crippen molar-refractivity contribution >= 4 is 17.3 Å². The average molecular weight is 303 g/mol. The van der Waals surface area contributed by atoms with Crippen LogP contribution in [0.4, 0.5) is 18.9 Å². The molecule has 1 heterocycles. The third kappa shape index (κ3) is 3.05. The molecule has 0 saturated carbocycles. The van der Waals surface area contributed by atoms with Crippen molar-refractivity contribution in [3.05, 3.63) is 57.2 Å². The maximum Gasteiger partial charge on any atom is 0.416 e. The Kier molecular flexibility index (Phi) is 3.63. The van der Waals surface area contributed by atoms with Gasteiger partial charge in [0.1, 0.15) is 5.15 Å². The lowest BCUT2D eigenvalue weighted by Crippen LogP contribution is -2.04. The predicted molar refractivity (Wildman–Crippen MR) is 66.3 cm³/mol. The van der Waals surface area contributed by atoms with Gasteiger partial charge in [0.2, 0.25) is 0 Å². The normalized spacial score (nSPS) is 11.4. The molecule has 0 spiro atoms. The molecule has 1 aromatic heterocycles. The molecule has 0 saturated heterocycles. The van der Waals surface area contributed by atoms with Crippen LogP contribution in [0.25, 0.3) is 11.3 Å². The van der Waals surface area contributed by atoms with Crippen molar-refractivity contribution in [2.75, 3.05) is 0 Å². The zero-order chi connectivity index (χ0) is 14.9. The summed E-state index contributed by atoms with van der Waals surface area (Å²) in [6.07, 6.45) is -4.50. The Bertz CT molecular complexity index is 674. The highest BCUT2D eigenvalue weighted by Gasteiger charge is 2.30. The molecule has 1 aromatic carbocycles. The zero-order valence-electron chi connectivity index (χ0n) is 9.69. The Balaban J connectivity index is 2.54. The van der Waals surface area contributed by atoms with Crippen LogP contribution in [0.15, 0.2) is 36.4 Å². The SMILES string of the molecule is O=[N+]([O-])c1cc(Cl)nc(-c2cccc(C(F)(F)F)c2)c1. The minimum absolute atomic E-state index is 0.00954. The quantitative estimate of drug-likeness (QED) is 0.471. The van der Waals surface area contributed by atoms with Gasteiger partial charge in [0.05, 0.1) is 22.2 Å². The van der Waals surface area contributed by atoms with Crippen molar-refractivity contribution in [1.82, 2.24) is 4.98 Å². The highest BCUT2D eigenvalue weighted by atomic mass is 35.5. The van der Waals surface area contributed by atoms with E-state index in [9.17, 15) is 23.3 Å². The van der Waals surface area contributed by atoms with Crippen LogP contribution in [0, 0.1) is 10.1 Å². The minimum atomic E-state index is -4.50. The molecule has 104 valence electrons. The third-order valence-corrected chi connectivity index (χ3v) is 2.67. The lowest BCUT2D eigenvalue weighted by atomic mass is 10.1. The molecule has 8 heteroatoms. The van der Waals surface area contributed by atoms with Gasteiger partial charge in [-0.1, -0.05) is 23.7 Å². The maximum absolute atomic E-state index is 12.6. The van der Waals surface area contributed by atoms with Crippen LogP contribution in [0.2, 0.25) is 5.15 Å². The van der Waals surface area contributed by atoms with E-state index in [4.69, 9.17) is 11.6 Å². The first-order chi connectivity index (χ1) is 9.27. The summed E-state index contributed by atoms with van der Waals surface area (Å²) in [6, 6.07) is 6.44. The van der Waals surface area contributed by atoms with Crippen LogP contribution >= 0.6 is 11.6 Å². The molecule has 0 aliphatic rings. The fraction of sp³-hybridized carbons (Fsp3) is 0.0833. The molecule has 2 aromatic rings. The van der Waals surface area contributed by atoms with Crippen molar-refractivity contribution in [3.63, 3.8) is 0 Å². The lowest BCUT2D eigenvalue weighted by Gasteiger charge is -2.08. The van der Waals surface area contributed by atoms with Gasteiger partial charge < -0.3 is 0 Å². The molecule has 0 N–H and O–H groups in total. The number of aromatic nitrogens is 1. The monoisotopic (exact) mass is 302 g/mol. The number of alkyl halides is 3. The van der Waals surface area contributed by atoms with Crippen LogP contribution < -0.4 is 0 Å². The van der Waals surface area contributed by atoms with E-state index >= 15 is 0 Å². The summed E-state index contributed by atoms with van der Waals surface area (Å²) in [5, 5.41) is 10.5. The molecule has 0 atom stereocenters. The minimum Gasteiger partial charge on any atom is -0.258 e. The second-order valence-electron chi connectivity index (χ2n) is 3.87. The van der Waals surface area contributed by atoms with Gasteiger partial charge in [-0.2, -0.15) is 13.2 Å². The topological polar surface area (TPSA) is 56.0 Å². The first-order valence-corrected chi connectivity index (χ1v) is 5.65. The summed E-state index contributed by atoms with van der Waals surface area (Å²) >= 11 is 5.64. The summed E-state index contributed by atoms with van der Waals surface area (Å²) in [6.45, 7) is 0. The average Bonchev–Trinajstić information content (AvgIpc) is 2.37. The summed E-state index contributed by atoms with van der Waals surface area (Å²) in [5.74, 6) is 0. The van der Waals surface area contributed by atoms with Crippen molar-refractivity contribution in [2.24, 2.45) is 0 Å². The molecular formula is C12H6ClF3N2O2. The van der Waals surface area contributed by atoms with E-state index in [1.807, 2.05) is 0 Å². The van der Waals surface area contributed by atoms with Crippen molar-refractivity contribution in [1.29, 1.82) is 0 Å². The standard InChI is InChI=1S/C12H6ClF3N2O2/c13-11-6-9(18(19)20)5-10(17-11)7-2-1-3-8(4-7)12(14,15)16/h1-6H. The van der Waals surface area contributed by atoms with Gasteiger partial charge >= 0.3 is 6.18 Å². The molecule has 4 nitrogen and oxygen atoms in total. The first kappa shape index (κ1) is 14.3. The number of hydrogen-bond donors (Lipinski definition) is 0. The van der Waals surface area contributed by atoms with E-state index in [0.29, 0.717) is 0 Å². The molecule has 0 fully saturated rings. The molecule has 20 heavy (non-hydrogen) atoms. The number of pyridine rings is 1. The molecule has 0 unspecified atom stereocenters. The second kappa shape index (κ2) is 5.09. The van der Waals surface area contributed by atoms with Gasteiger partial charge in [-0.25, -0.2) is 4.98 Å². The van der Waals surface area contributed by atoms with Gasteiger partial charge in [-0.3, -0.25) is 10.1 Å². The predicted octanol–water partition coefficient (Wildman–Crippen LogP) is 4.33. The van der Waals surface area contributed by atoms with Crippen LogP contribution in [-0.2, 0) is 6.18 Å². The van der Waals surface area contributed by atoms with Crippen LogP contribution in [0.3, 0.4) is 0 Å². The Labute approximate surface area is 116 Å². The molecular weight excluding hydrogens is 297 g/mol. The largest absolute Gasteiger partial charge is 0.416 e. The van der Waals surface area contributed by atoms with E-state index in [2.05, 4.69) is 4.98 Å². The second-order valence-corrected chi connectivity index (χ2v) is 4.26. The number of nitro groups is 1. The van der Waals surface area contributed by atoms with Gasteiger partial charge in [0.15, 0.2) is 0 Å². The van der Waals surface area contributed by atoms with Crippen LogP contribution in [-0.4, -0.2) is 9.91 Å². The Morgan fingerprint density at radius 2 is 1.90 bits per heavy atom. The Morgan fingerprint density at radius 3 is 2.50 bits per heavy atom. The fourth-order valence-corrected chi connectivity index (χ4v) is 1.79. The van der Waals surface area contributed by atoms with E-state index in [0.717, 1.165) is 24.3 Å². The van der Waals surface area contributed by atoms with E-state index in [1.54, 1.807) is 0 Å². The zero-order valence-corrected chi connectivity index (χ0v) is 10.4. The van der Waals surface area contributed by atoms with Gasteiger partial charge in [0, 0.05) is 11.6 Å². The van der Waals surface area contributed by atoms with Gasteiger partial charge in [-0.05, 0) is 12.1 Å².